The third-order valence-corrected chi connectivity index (χ3v) is 10.9. The van der Waals surface area contributed by atoms with Gasteiger partial charge in [0.2, 0.25) is 0 Å². The van der Waals surface area contributed by atoms with Crippen molar-refractivity contribution in [2.24, 2.45) is 22.1 Å². The molecule has 1 aliphatic heterocycles. The van der Waals surface area contributed by atoms with Crippen LogP contribution < -0.4 is 15.6 Å². The van der Waals surface area contributed by atoms with Gasteiger partial charge in [-0.2, -0.15) is 0 Å². The number of carbonyl (C=O) groups is 1. The number of nitrogens with two attached hydrogens (primary N) is 1. The number of nitrogens with zero attached hydrogens (tertiary/aromatic N) is 6. The fourth-order valence-corrected chi connectivity index (χ4v) is 7.96. The highest BCUT2D eigenvalue weighted by Gasteiger charge is 2.69. The van der Waals surface area contributed by atoms with Crippen molar-refractivity contribution in [1.29, 1.82) is 0 Å². The Labute approximate surface area is 267 Å². The number of methoxy groups -OCH3 is 1. The molecule has 9 rings (SSSR count). The first-order chi connectivity index (χ1) is 22.0. The second-order valence-electron chi connectivity index (χ2n) is 14.5. The van der Waals surface area contributed by atoms with E-state index in [9.17, 15) is 14.3 Å². The number of alkyl halides is 1. The number of ether oxygens (including phenoxy) is 1. The molecular weight excluding hydrogens is 585 g/mol. The fourth-order valence-electron chi connectivity index (χ4n) is 7.96. The number of rotatable bonds is 8. The van der Waals surface area contributed by atoms with Crippen molar-refractivity contribution in [2.75, 3.05) is 13.7 Å². The first kappa shape index (κ1) is 29.4. The summed E-state index contributed by atoms with van der Waals surface area (Å²) >= 11 is 0. The van der Waals surface area contributed by atoms with Crippen molar-refractivity contribution < 1.29 is 19.0 Å². The Morgan fingerprint density at radius 1 is 1.17 bits per heavy atom. The molecule has 4 aromatic heterocycles. The van der Waals surface area contributed by atoms with Crippen LogP contribution in [0.1, 0.15) is 86.6 Å². The number of imidazole rings is 1. The Balaban J connectivity index is 1.18. The molecule has 1 unspecified atom stereocenters. The zero-order valence-corrected chi connectivity index (χ0v) is 26.9. The van der Waals surface area contributed by atoms with Crippen LogP contribution in [0.5, 0.6) is 5.88 Å². The number of aliphatic imine (C=N–C) groups is 1. The monoisotopic (exact) mass is 626 g/mol. The Morgan fingerprint density at radius 2 is 1.93 bits per heavy atom. The summed E-state index contributed by atoms with van der Waals surface area (Å²) in [4.78, 5) is 30.2. The van der Waals surface area contributed by atoms with E-state index in [4.69, 9.17) is 20.4 Å². The number of carbonyl (C=O) groups excluding carboxylic acids is 1. The lowest BCUT2D eigenvalue weighted by atomic mass is 9.42. The summed E-state index contributed by atoms with van der Waals surface area (Å²) in [5.41, 5.74) is 9.86. The van der Waals surface area contributed by atoms with Crippen LogP contribution in [0, 0.1) is 18.3 Å². The highest BCUT2D eigenvalue weighted by atomic mass is 19.1. The molecule has 5 fully saturated rings. The topological polar surface area (TPSA) is 126 Å². The molecule has 0 radical (unpaired) electrons. The largest absolute Gasteiger partial charge is 0.862 e. The molecule has 0 aromatic carbocycles. The predicted molar refractivity (Wildman–Crippen MR) is 172 cm³/mol. The minimum Gasteiger partial charge on any atom is -0.862 e. The van der Waals surface area contributed by atoms with Crippen LogP contribution in [-0.4, -0.2) is 67.0 Å². The van der Waals surface area contributed by atoms with Gasteiger partial charge in [0.05, 0.1) is 30.2 Å². The molecule has 4 aromatic rings. The average molecular weight is 627 g/mol. The van der Waals surface area contributed by atoms with Gasteiger partial charge in [0, 0.05) is 47.6 Å². The number of hydrogen-bond donors (Lipinski definition) is 1. The SMILES string of the molecule is COc1cc(C(=O)N2C[C@H](N)CC[C@H]2C)cc2nc(-c3cc4ccc(C(C)N=C([O-])C56CC(F)(C5)C6)nc4n3CC3CC3)c(C)n12. The third-order valence-electron chi connectivity index (χ3n) is 10.9. The van der Waals surface area contributed by atoms with Crippen molar-refractivity contribution in [2.45, 2.75) is 96.1 Å². The number of piperidine rings is 1. The van der Waals surface area contributed by atoms with E-state index in [0.717, 1.165) is 47.5 Å². The molecule has 4 aliphatic carbocycles. The molecule has 11 heteroatoms. The van der Waals surface area contributed by atoms with Gasteiger partial charge in [-0.25, -0.2) is 14.4 Å². The average Bonchev–Trinajstić information content (AvgIpc) is 3.68. The zero-order chi connectivity index (χ0) is 32.1. The van der Waals surface area contributed by atoms with Crippen molar-refractivity contribution >= 4 is 28.5 Å². The van der Waals surface area contributed by atoms with Crippen LogP contribution in [0.25, 0.3) is 28.1 Å². The maximum Gasteiger partial charge on any atom is 0.254 e. The van der Waals surface area contributed by atoms with Gasteiger partial charge in [0.1, 0.15) is 22.7 Å². The van der Waals surface area contributed by atoms with Crippen LogP contribution in [0.2, 0.25) is 0 Å². The molecule has 1 amide bonds. The molecule has 46 heavy (non-hydrogen) atoms. The van der Waals surface area contributed by atoms with Crippen molar-refractivity contribution in [3.05, 3.63) is 47.3 Å². The predicted octanol–water partition coefficient (Wildman–Crippen LogP) is 4.74. The number of aromatic nitrogens is 4. The van der Waals surface area contributed by atoms with Crippen LogP contribution in [0.4, 0.5) is 4.39 Å². The summed E-state index contributed by atoms with van der Waals surface area (Å²) in [5, 5.41) is 13.9. The number of likely N-dealkylation sites (tertiary alicyclic amines) is 1. The van der Waals surface area contributed by atoms with E-state index in [2.05, 4.69) is 22.5 Å². The number of aryl methyl sites for hydroxylation is 1. The maximum absolute atomic E-state index is 14.1. The first-order valence-corrected chi connectivity index (χ1v) is 16.6. The smallest absolute Gasteiger partial charge is 0.254 e. The molecule has 2 N–H and O–H groups in total. The van der Waals surface area contributed by atoms with Gasteiger partial charge >= 0.3 is 0 Å². The van der Waals surface area contributed by atoms with E-state index in [1.807, 2.05) is 41.3 Å². The molecule has 10 nitrogen and oxygen atoms in total. The molecule has 0 spiro atoms. The quantitative estimate of drug-likeness (QED) is 0.222. The van der Waals surface area contributed by atoms with Crippen LogP contribution in [0.3, 0.4) is 0 Å². The van der Waals surface area contributed by atoms with E-state index in [1.54, 1.807) is 13.2 Å². The standard InChI is InChI=1S/C35H42FN7O3/c1-19-5-9-25(37)15-41(19)32(44)24-12-28-40-30(21(3)43(28)29(13-24)46-4)27-11-23-8-10-26(39-31(23)42(27)14-22-6-7-22)20(2)38-33(45)34-16-35(36,17-34)18-34/h8,10-13,19-20,22,25H,5-7,9,14-18,37H2,1-4H3,(H,38,45)/p-1/t19-,20?,25-,34?,35?/m1/s1. The Kier molecular flexibility index (Phi) is 6.56. The number of pyridine rings is 2. The summed E-state index contributed by atoms with van der Waals surface area (Å²) in [6, 6.07) is 9.38. The van der Waals surface area contributed by atoms with E-state index in [-0.39, 0.29) is 23.9 Å². The number of halogens is 1. The van der Waals surface area contributed by atoms with Gasteiger partial charge in [-0.1, -0.05) is 0 Å². The van der Waals surface area contributed by atoms with Crippen molar-refractivity contribution in [3.8, 4) is 17.3 Å². The number of hydrogen-bond acceptors (Lipinski definition) is 7. The Hall–Kier alpha value is -3.99. The second kappa shape index (κ2) is 10.3. The van der Waals surface area contributed by atoms with E-state index >= 15 is 0 Å². The van der Waals surface area contributed by atoms with Gasteiger partial charge in [0.15, 0.2) is 5.88 Å². The lowest BCUT2D eigenvalue weighted by Gasteiger charge is -2.67. The van der Waals surface area contributed by atoms with E-state index in [1.165, 1.54) is 12.8 Å². The van der Waals surface area contributed by atoms with Gasteiger partial charge in [0.25, 0.3) is 5.91 Å². The highest BCUT2D eigenvalue weighted by Crippen LogP contribution is 2.69. The lowest BCUT2D eigenvalue weighted by molar-refractivity contribution is -0.279. The second-order valence-corrected chi connectivity index (χ2v) is 14.5. The van der Waals surface area contributed by atoms with Crippen LogP contribution in [-0.2, 0) is 6.54 Å². The summed E-state index contributed by atoms with van der Waals surface area (Å²) < 4.78 is 24.1. The summed E-state index contributed by atoms with van der Waals surface area (Å²) in [7, 11) is 1.61. The maximum atomic E-state index is 14.1. The fraction of sp³-hybridized carbons (Fsp3) is 0.543. The van der Waals surface area contributed by atoms with Gasteiger partial charge in [-0.05, 0) is 102 Å². The molecule has 3 atom stereocenters. The van der Waals surface area contributed by atoms with Gasteiger partial charge in [-0.15, -0.1) is 0 Å². The highest BCUT2D eigenvalue weighted by molar-refractivity contribution is 5.96. The summed E-state index contributed by atoms with van der Waals surface area (Å²) in [5.74, 6) is 0.843. The van der Waals surface area contributed by atoms with Crippen LogP contribution >= 0.6 is 0 Å². The molecule has 242 valence electrons. The molecule has 2 bridgehead atoms. The number of fused-ring (bicyclic) bond motifs is 2. The zero-order valence-electron chi connectivity index (χ0n) is 26.9. The van der Waals surface area contributed by atoms with E-state index < -0.39 is 17.1 Å². The molecular formula is C35H41FN7O3-. The van der Waals surface area contributed by atoms with E-state index in [0.29, 0.717) is 54.5 Å². The summed E-state index contributed by atoms with van der Waals surface area (Å²) in [6.07, 6.45) is 5.04. The van der Waals surface area contributed by atoms with Gasteiger partial charge in [-0.3, -0.25) is 14.2 Å². The summed E-state index contributed by atoms with van der Waals surface area (Å²) in [6.45, 7) is 7.30. The number of amides is 1. The molecule has 4 saturated carbocycles. The van der Waals surface area contributed by atoms with Crippen molar-refractivity contribution in [1.82, 2.24) is 23.8 Å². The van der Waals surface area contributed by atoms with Gasteiger partial charge < -0.3 is 25.0 Å². The lowest BCUT2D eigenvalue weighted by Crippen LogP contribution is -2.70. The first-order valence-electron chi connectivity index (χ1n) is 16.6. The van der Waals surface area contributed by atoms with Crippen molar-refractivity contribution in [3.63, 3.8) is 0 Å². The normalized spacial score (nSPS) is 28.3. The minimum absolute atomic E-state index is 0.0254. The Bertz CT molecular complexity index is 1900. The third kappa shape index (κ3) is 4.60. The molecule has 5 aliphatic rings. The minimum atomic E-state index is -1.14. The molecule has 1 saturated heterocycles. The van der Waals surface area contributed by atoms with Crippen LogP contribution in [0.15, 0.2) is 35.3 Å². The molecule has 5 heterocycles. The Morgan fingerprint density at radius 3 is 2.63 bits per heavy atom.